The molecule has 0 saturated carbocycles. The average molecular weight is 401 g/mol. The van der Waals surface area contributed by atoms with Gasteiger partial charge < -0.3 is 35.1 Å². The maximum absolute atomic E-state index is 11.6. The van der Waals surface area contributed by atoms with Crippen LogP contribution in [0.5, 0.6) is 0 Å². The Morgan fingerprint density at radius 2 is 1.75 bits per heavy atom. The van der Waals surface area contributed by atoms with Crippen molar-refractivity contribution in [2.24, 2.45) is 5.73 Å². The fourth-order valence-corrected chi connectivity index (χ4v) is 2.41. The third kappa shape index (κ3) is 5.61. The fraction of sp³-hybridized carbons (Fsp3) is 0.500. The molecule has 28 heavy (non-hydrogen) atoms. The maximum Gasteiger partial charge on any atom is 0.307 e. The first kappa shape index (κ1) is 22.8. The average Bonchev–Trinajstić information content (AvgIpc) is 2.86. The SMILES string of the molecule is C=C1NC(C(N)=O)C(O)N1[C@H](OC(C)=O)[C@H](OC(C)=O)/C(=C\OC(C)=O)OC. The monoisotopic (exact) mass is 401 g/mol. The van der Waals surface area contributed by atoms with Crippen LogP contribution in [0.25, 0.3) is 0 Å². The Balaban J connectivity index is 3.41. The summed E-state index contributed by atoms with van der Waals surface area (Å²) in [6.45, 7) is 6.92. The quantitative estimate of drug-likeness (QED) is 0.244. The van der Waals surface area contributed by atoms with E-state index in [4.69, 9.17) is 24.7 Å². The lowest BCUT2D eigenvalue weighted by atomic mass is 10.2. The Hall–Kier alpha value is -3.28. The van der Waals surface area contributed by atoms with Gasteiger partial charge in [0, 0.05) is 20.8 Å². The summed E-state index contributed by atoms with van der Waals surface area (Å²) in [5.41, 5.74) is 5.22. The molecular formula is C16H23N3O9. The van der Waals surface area contributed by atoms with Crippen molar-refractivity contribution in [3.63, 3.8) is 0 Å². The molecule has 0 aromatic carbocycles. The first-order valence-corrected chi connectivity index (χ1v) is 7.96. The molecule has 1 heterocycles. The number of methoxy groups -OCH3 is 1. The van der Waals surface area contributed by atoms with Crippen LogP contribution in [-0.4, -0.2) is 65.5 Å². The lowest BCUT2D eigenvalue weighted by molar-refractivity contribution is -0.189. The summed E-state index contributed by atoms with van der Waals surface area (Å²) in [6.07, 6.45) is -3.79. The van der Waals surface area contributed by atoms with Gasteiger partial charge in [0.2, 0.25) is 18.2 Å². The van der Waals surface area contributed by atoms with Crippen LogP contribution in [-0.2, 0) is 38.1 Å². The molecule has 1 amide bonds. The lowest BCUT2D eigenvalue weighted by Gasteiger charge is -2.36. The lowest BCUT2D eigenvalue weighted by Crippen LogP contribution is -2.53. The van der Waals surface area contributed by atoms with Gasteiger partial charge in [-0.2, -0.15) is 0 Å². The molecule has 0 aromatic rings. The second-order valence-electron chi connectivity index (χ2n) is 5.66. The van der Waals surface area contributed by atoms with Crippen molar-refractivity contribution in [3.8, 4) is 0 Å². The van der Waals surface area contributed by atoms with Crippen molar-refractivity contribution in [1.29, 1.82) is 0 Å². The van der Waals surface area contributed by atoms with E-state index in [1.54, 1.807) is 0 Å². The van der Waals surface area contributed by atoms with Gasteiger partial charge in [0.1, 0.15) is 6.26 Å². The minimum Gasteiger partial charge on any atom is -0.494 e. The van der Waals surface area contributed by atoms with Crippen molar-refractivity contribution in [2.75, 3.05) is 7.11 Å². The van der Waals surface area contributed by atoms with Gasteiger partial charge in [-0.05, 0) is 0 Å². The Labute approximate surface area is 160 Å². The van der Waals surface area contributed by atoms with Crippen molar-refractivity contribution in [2.45, 2.75) is 45.4 Å². The molecule has 4 N–H and O–H groups in total. The maximum atomic E-state index is 11.6. The number of hydrogen-bond donors (Lipinski definition) is 3. The number of aliphatic hydroxyl groups is 1. The van der Waals surface area contributed by atoms with E-state index in [1.807, 2.05) is 0 Å². The molecule has 12 nitrogen and oxygen atoms in total. The molecule has 0 radical (unpaired) electrons. The number of aliphatic hydroxyl groups excluding tert-OH is 1. The molecule has 1 aliphatic heterocycles. The summed E-state index contributed by atoms with van der Waals surface area (Å²) in [5.74, 6) is -3.47. The summed E-state index contributed by atoms with van der Waals surface area (Å²) in [6, 6.07) is -1.27. The first-order chi connectivity index (χ1) is 13.0. The number of hydrogen-bond acceptors (Lipinski definition) is 11. The predicted octanol–water partition coefficient (Wildman–Crippen LogP) is -1.59. The highest BCUT2D eigenvalue weighted by molar-refractivity contribution is 5.81. The molecule has 12 heteroatoms. The molecule has 0 spiro atoms. The van der Waals surface area contributed by atoms with Gasteiger partial charge in [0.15, 0.2) is 18.0 Å². The second-order valence-corrected chi connectivity index (χ2v) is 5.66. The third-order valence-corrected chi connectivity index (χ3v) is 3.49. The van der Waals surface area contributed by atoms with Gasteiger partial charge >= 0.3 is 17.9 Å². The van der Waals surface area contributed by atoms with Gasteiger partial charge in [-0.25, -0.2) is 0 Å². The van der Waals surface area contributed by atoms with Gasteiger partial charge in [0.05, 0.1) is 12.9 Å². The molecular weight excluding hydrogens is 378 g/mol. The Bertz CT molecular complexity index is 691. The Kier molecular flexibility index (Phi) is 7.80. The van der Waals surface area contributed by atoms with E-state index < -0.39 is 48.4 Å². The number of amides is 1. The van der Waals surface area contributed by atoms with Gasteiger partial charge in [0.25, 0.3) is 0 Å². The fourth-order valence-electron chi connectivity index (χ4n) is 2.41. The summed E-state index contributed by atoms with van der Waals surface area (Å²) < 4.78 is 20.2. The highest BCUT2D eigenvalue weighted by Gasteiger charge is 2.48. The molecule has 0 bridgehead atoms. The van der Waals surface area contributed by atoms with Crippen LogP contribution in [0.4, 0.5) is 0 Å². The number of nitrogens with two attached hydrogens (primary N) is 1. The van der Waals surface area contributed by atoms with Crippen LogP contribution in [0.15, 0.2) is 24.4 Å². The summed E-state index contributed by atoms with van der Waals surface area (Å²) in [5, 5.41) is 13.0. The number of ether oxygens (including phenoxy) is 4. The van der Waals surface area contributed by atoms with Crippen LogP contribution in [0.1, 0.15) is 20.8 Å². The smallest absolute Gasteiger partial charge is 0.307 e. The highest BCUT2D eigenvalue weighted by Crippen LogP contribution is 2.27. The van der Waals surface area contributed by atoms with E-state index in [1.165, 1.54) is 7.11 Å². The van der Waals surface area contributed by atoms with E-state index in [-0.39, 0.29) is 11.6 Å². The van der Waals surface area contributed by atoms with Gasteiger partial charge in [-0.3, -0.25) is 24.1 Å². The number of rotatable bonds is 8. The third-order valence-electron chi connectivity index (χ3n) is 3.49. The summed E-state index contributed by atoms with van der Waals surface area (Å²) in [4.78, 5) is 46.8. The standard InChI is InChI=1S/C16H23N3O9/c1-7-18-12(14(17)23)15(24)19(7)16(28-10(4)22)13(27-9(3)21)11(25-5)6-26-8(2)20/h6,12-13,15-16,18,24H,1H2,2-5H3,(H2,17,23)/b11-6+/t12?,13-,15?,16-/m1/s1. The van der Waals surface area contributed by atoms with Crippen LogP contribution in [0.2, 0.25) is 0 Å². The molecule has 1 rings (SSSR count). The zero-order valence-corrected chi connectivity index (χ0v) is 15.8. The zero-order chi connectivity index (χ0) is 21.6. The minimum absolute atomic E-state index is 0.0392. The van der Waals surface area contributed by atoms with Gasteiger partial charge in [-0.1, -0.05) is 6.58 Å². The normalized spacial score (nSPS) is 21.2. The molecule has 1 saturated heterocycles. The molecule has 0 aromatic heterocycles. The number of esters is 3. The molecule has 4 atom stereocenters. The van der Waals surface area contributed by atoms with E-state index in [2.05, 4.69) is 11.9 Å². The van der Waals surface area contributed by atoms with Gasteiger partial charge in [-0.15, -0.1) is 0 Å². The van der Waals surface area contributed by atoms with Crippen LogP contribution >= 0.6 is 0 Å². The van der Waals surface area contributed by atoms with Crippen molar-refractivity contribution < 1.29 is 43.2 Å². The van der Waals surface area contributed by atoms with Crippen LogP contribution in [0.3, 0.4) is 0 Å². The Morgan fingerprint density at radius 3 is 2.14 bits per heavy atom. The van der Waals surface area contributed by atoms with Crippen molar-refractivity contribution in [3.05, 3.63) is 24.4 Å². The summed E-state index contributed by atoms with van der Waals surface area (Å²) in [7, 11) is 1.19. The number of nitrogens with zero attached hydrogens (tertiary/aromatic N) is 1. The van der Waals surface area contributed by atoms with Crippen molar-refractivity contribution in [1.82, 2.24) is 10.2 Å². The van der Waals surface area contributed by atoms with Crippen LogP contribution in [0, 0.1) is 0 Å². The van der Waals surface area contributed by atoms with E-state index in [0.717, 1.165) is 31.9 Å². The van der Waals surface area contributed by atoms with Crippen LogP contribution < -0.4 is 11.1 Å². The first-order valence-electron chi connectivity index (χ1n) is 7.96. The van der Waals surface area contributed by atoms with Crippen molar-refractivity contribution >= 4 is 23.8 Å². The topological polar surface area (TPSA) is 167 Å². The predicted molar refractivity (Wildman–Crippen MR) is 91.1 cm³/mol. The second kappa shape index (κ2) is 9.60. The number of carbonyl (C=O) groups excluding carboxylic acids is 4. The molecule has 1 aliphatic rings. The van der Waals surface area contributed by atoms with E-state index in [0.29, 0.717) is 0 Å². The highest BCUT2D eigenvalue weighted by atomic mass is 16.6. The molecule has 1 fully saturated rings. The Morgan fingerprint density at radius 1 is 1.18 bits per heavy atom. The largest absolute Gasteiger partial charge is 0.494 e. The molecule has 2 unspecified atom stereocenters. The number of primary amides is 1. The number of carbonyl (C=O) groups is 4. The van der Waals surface area contributed by atoms with E-state index in [9.17, 15) is 24.3 Å². The molecule has 0 aliphatic carbocycles. The zero-order valence-electron chi connectivity index (χ0n) is 15.8. The summed E-state index contributed by atoms with van der Waals surface area (Å²) >= 11 is 0. The number of nitrogens with one attached hydrogen (secondary N) is 1. The minimum atomic E-state index is -1.61. The van der Waals surface area contributed by atoms with E-state index >= 15 is 0 Å². The molecule has 156 valence electrons.